The largest absolute Gasteiger partial charge is 0.263 e. The minimum atomic E-state index is -3.59. The summed E-state index contributed by atoms with van der Waals surface area (Å²) in [7, 11) is -2.10. The molecular weight excluding hydrogens is 300 g/mol. The number of nitrogens with one attached hydrogen (secondary N) is 1. The Labute approximate surface area is 122 Å². The van der Waals surface area contributed by atoms with Crippen molar-refractivity contribution >= 4 is 21.6 Å². The molecule has 1 aromatic carbocycles. The first-order valence-corrected chi connectivity index (χ1v) is 7.73. The van der Waals surface area contributed by atoms with Crippen LogP contribution in [0.3, 0.4) is 0 Å². The van der Waals surface area contributed by atoms with Crippen molar-refractivity contribution in [3.63, 3.8) is 0 Å². The van der Waals surface area contributed by atoms with Gasteiger partial charge in [-0.3, -0.25) is 5.10 Å². The fraction of sp³-hybridized carbons (Fsp3) is 0.333. The molecule has 0 radical (unpaired) electrons. The van der Waals surface area contributed by atoms with Gasteiger partial charge in [0, 0.05) is 12.1 Å². The molecule has 8 heteroatoms. The molecule has 0 aliphatic carbocycles. The lowest BCUT2D eigenvalue weighted by molar-refractivity contribution is 0.456. The molecule has 0 atom stereocenters. The van der Waals surface area contributed by atoms with Gasteiger partial charge in [-0.25, -0.2) is 13.4 Å². The molecule has 0 aliphatic rings. The number of rotatable bonds is 4. The van der Waals surface area contributed by atoms with Gasteiger partial charge in [0.1, 0.15) is 5.82 Å². The van der Waals surface area contributed by atoms with Gasteiger partial charge in [0.05, 0.1) is 11.4 Å². The maximum absolute atomic E-state index is 12.5. The van der Waals surface area contributed by atoms with Crippen LogP contribution in [-0.4, -0.2) is 35.0 Å². The van der Waals surface area contributed by atoms with E-state index in [1.807, 2.05) is 0 Å². The van der Waals surface area contributed by atoms with Crippen molar-refractivity contribution < 1.29 is 8.42 Å². The van der Waals surface area contributed by atoms with Crippen LogP contribution in [0.4, 0.5) is 0 Å². The second kappa shape index (κ2) is 5.51. The van der Waals surface area contributed by atoms with Gasteiger partial charge < -0.3 is 0 Å². The first kappa shape index (κ1) is 15.0. The minimum absolute atomic E-state index is 0.106. The molecule has 1 aromatic heterocycles. The fourth-order valence-corrected chi connectivity index (χ4v) is 3.37. The van der Waals surface area contributed by atoms with Gasteiger partial charge in [0.15, 0.2) is 5.82 Å². The number of aromatic amines is 1. The van der Waals surface area contributed by atoms with E-state index in [0.717, 1.165) is 0 Å². The van der Waals surface area contributed by atoms with Gasteiger partial charge in [0.25, 0.3) is 0 Å². The molecule has 0 saturated heterocycles. The average Bonchev–Trinajstić information content (AvgIpc) is 2.74. The van der Waals surface area contributed by atoms with Crippen molar-refractivity contribution in [2.45, 2.75) is 25.3 Å². The van der Waals surface area contributed by atoms with Crippen molar-refractivity contribution in [2.75, 3.05) is 7.05 Å². The third-order valence-corrected chi connectivity index (χ3v) is 5.03. The highest BCUT2D eigenvalue weighted by Crippen LogP contribution is 2.22. The maximum Gasteiger partial charge on any atom is 0.243 e. The Morgan fingerprint density at radius 1 is 1.35 bits per heavy atom. The second-order valence-electron chi connectivity index (χ2n) is 4.51. The van der Waals surface area contributed by atoms with Gasteiger partial charge in [-0.15, -0.1) is 0 Å². The number of benzene rings is 1. The van der Waals surface area contributed by atoms with Crippen LogP contribution in [0.1, 0.15) is 17.2 Å². The standard InChI is InChI=1S/C12H15ClN4O2S/c1-8-6-10(13)4-5-11(8)20(18,19)17(3)7-12-14-9(2)15-16-12/h4-6H,7H2,1-3H3,(H,14,15,16). The molecule has 6 nitrogen and oxygen atoms in total. The summed E-state index contributed by atoms with van der Waals surface area (Å²) >= 11 is 5.85. The Balaban J connectivity index is 2.29. The highest BCUT2D eigenvalue weighted by molar-refractivity contribution is 7.89. The van der Waals surface area contributed by atoms with Crippen LogP contribution in [0.5, 0.6) is 0 Å². The van der Waals surface area contributed by atoms with E-state index in [4.69, 9.17) is 11.6 Å². The molecule has 108 valence electrons. The molecule has 0 fully saturated rings. The number of nitrogens with zero attached hydrogens (tertiary/aromatic N) is 3. The molecule has 0 unspecified atom stereocenters. The van der Waals surface area contributed by atoms with Gasteiger partial charge in [-0.05, 0) is 37.6 Å². The summed E-state index contributed by atoms with van der Waals surface area (Å²) in [5.74, 6) is 1.08. The van der Waals surface area contributed by atoms with Crippen LogP contribution in [0, 0.1) is 13.8 Å². The number of hydrogen-bond donors (Lipinski definition) is 1. The number of aryl methyl sites for hydroxylation is 2. The van der Waals surface area contributed by atoms with E-state index in [0.29, 0.717) is 22.2 Å². The highest BCUT2D eigenvalue weighted by Gasteiger charge is 2.24. The SMILES string of the molecule is Cc1nc(CN(C)S(=O)(=O)c2ccc(Cl)cc2C)n[nH]1. The molecule has 20 heavy (non-hydrogen) atoms. The van der Waals surface area contributed by atoms with E-state index in [-0.39, 0.29) is 11.4 Å². The summed E-state index contributed by atoms with van der Waals surface area (Å²) in [6, 6.07) is 4.69. The predicted octanol–water partition coefficient (Wildman–Crippen LogP) is 1.90. The Morgan fingerprint density at radius 3 is 2.60 bits per heavy atom. The molecular formula is C12H15ClN4O2S. The Bertz CT molecular complexity index is 727. The third kappa shape index (κ3) is 3.00. The zero-order chi connectivity index (χ0) is 14.9. The smallest absolute Gasteiger partial charge is 0.243 e. The monoisotopic (exact) mass is 314 g/mol. The van der Waals surface area contributed by atoms with Crippen molar-refractivity contribution in [3.8, 4) is 0 Å². The van der Waals surface area contributed by atoms with Crippen LogP contribution in [0.15, 0.2) is 23.1 Å². The summed E-state index contributed by atoms with van der Waals surface area (Å²) < 4.78 is 26.2. The fourth-order valence-electron chi connectivity index (χ4n) is 1.81. The lowest BCUT2D eigenvalue weighted by Crippen LogP contribution is -2.27. The molecule has 0 aliphatic heterocycles. The van der Waals surface area contributed by atoms with Crippen molar-refractivity contribution in [2.24, 2.45) is 0 Å². The molecule has 2 aromatic rings. The van der Waals surface area contributed by atoms with E-state index < -0.39 is 10.0 Å². The van der Waals surface area contributed by atoms with E-state index in [1.165, 1.54) is 17.4 Å². The number of aromatic nitrogens is 3. The normalized spacial score (nSPS) is 12.1. The highest BCUT2D eigenvalue weighted by atomic mass is 35.5. The lowest BCUT2D eigenvalue weighted by Gasteiger charge is -2.17. The summed E-state index contributed by atoms with van der Waals surface area (Å²) in [6.07, 6.45) is 0. The van der Waals surface area contributed by atoms with E-state index in [2.05, 4.69) is 15.2 Å². The lowest BCUT2D eigenvalue weighted by atomic mass is 10.2. The molecule has 2 rings (SSSR count). The summed E-state index contributed by atoms with van der Waals surface area (Å²) in [5, 5.41) is 7.13. The zero-order valence-corrected chi connectivity index (χ0v) is 13.0. The Morgan fingerprint density at radius 2 is 2.05 bits per heavy atom. The van der Waals surface area contributed by atoms with Gasteiger partial charge in [0.2, 0.25) is 10.0 Å². The molecule has 1 N–H and O–H groups in total. The Kier molecular flexibility index (Phi) is 4.12. The molecule has 0 spiro atoms. The van der Waals surface area contributed by atoms with Crippen LogP contribution in [0.2, 0.25) is 5.02 Å². The molecule has 0 saturated carbocycles. The van der Waals surface area contributed by atoms with Crippen LogP contribution in [0.25, 0.3) is 0 Å². The summed E-state index contributed by atoms with van der Waals surface area (Å²) in [4.78, 5) is 4.33. The number of hydrogen-bond acceptors (Lipinski definition) is 4. The van der Waals surface area contributed by atoms with Crippen LogP contribution >= 0.6 is 11.6 Å². The minimum Gasteiger partial charge on any atom is -0.263 e. The van der Waals surface area contributed by atoms with E-state index in [1.54, 1.807) is 26.0 Å². The number of H-pyrrole nitrogens is 1. The van der Waals surface area contributed by atoms with E-state index >= 15 is 0 Å². The predicted molar refractivity (Wildman–Crippen MR) is 76.0 cm³/mol. The summed E-state index contributed by atoms with van der Waals surface area (Å²) in [5.41, 5.74) is 0.607. The van der Waals surface area contributed by atoms with E-state index in [9.17, 15) is 8.42 Å². The molecule has 0 bridgehead atoms. The number of halogens is 1. The summed E-state index contributed by atoms with van der Waals surface area (Å²) in [6.45, 7) is 3.58. The van der Waals surface area contributed by atoms with Crippen LogP contribution in [-0.2, 0) is 16.6 Å². The first-order chi connectivity index (χ1) is 9.30. The van der Waals surface area contributed by atoms with Gasteiger partial charge in [-0.1, -0.05) is 11.6 Å². The third-order valence-electron chi connectivity index (χ3n) is 2.83. The zero-order valence-electron chi connectivity index (χ0n) is 11.4. The topological polar surface area (TPSA) is 79.0 Å². The Hall–Kier alpha value is -1.44. The van der Waals surface area contributed by atoms with Gasteiger partial charge >= 0.3 is 0 Å². The first-order valence-electron chi connectivity index (χ1n) is 5.91. The van der Waals surface area contributed by atoms with Crippen molar-refractivity contribution in [1.82, 2.24) is 19.5 Å². The maximum atomic E-state index is 12.5. The molecule has 0 amide bonds. The molecule has 1 heterocycles. The quantitative estimate of drug-likeness (QED) is 0.934. The van der Waals surface area contributed by atoms with Gasteiger partial charge in [-0.2, -0.15) is 9.40 Å². The van der Waals surface area contributed by atoms with Crippen LogP contribution < -0.4 is 0 Å². The van der Waals surface area contributed by atoms with Crippen molar-refractivity contribution in [1.29, 1.82) is 0 Å². The average molecular weight is 315 g/mol. The second-order valence-corrected chi connectivity index (χ2v) is 6.96. The number of sulfonamides is 1. The van der Waals surface area contributed by atoms with Crippen molar-refractivity contribution in [3.05, 3.63) is 40.4 Å².